The molecule has 1 aromatic heterocycles. The van der Waals surface area contributed by atoms with E-state index in [0.29, 0.717) is 0 Å². The van der Waals surface area contributed by atoms with Crippen LogP contribution in [0.3, 0.4) is 0 Å². The van der Waals surface area contributed by atoms with Gasteiger partial charge < -0.3 is 4.74 Å². The van der Waals surface area contributed by atoms with E-state index in [1.54, 1.807) is 18.9 Å². The fourth-order valence-electron chi connectivity index (χ4n) is 2.97. The van der Waals surface area contributed by atoms with Gasteiger partial charge >= 0.3 is 0 Å². The Morgan fingerprint density at radius 3 is 2.43 bits per heavy atom. The van der Waals surface area contributed by atoms with E-state index in [1.165, 1.54) is 11.1 Å². The Bertz CT molecular complexity index is 1060. The van der Waals surface area contributed by atoms with E-state index in [4.69, 9.17) is 4.74 Å². The number of hydrogen-bond donors (Lipinski definition) is 0. The van der Waals surface area contributed by atoms with E-state index in [1.807, 2.05) is 30.3 Å². The maximum absolute atomic E-state index is 5.33. The molecule has 0 saturated carbocycles. The van der Waals surface area contributed by atoms with E-state index in [2.05, 4.69) is 70.2 Å². The summed E-state index contributed by atoms with van der Waals surface area (Å²) in [6.45, 7) is 2.09. The van der Waals surface area contributed by atoms with Crippen LogP contribution in [0.1, 0.15) is 11.1 Å². The van der Waals surface area contributed by atoms with Crippen LogP contribution in [0.4, 0.5) is 0 Å². The first-order valence-corrected chi connectivity index (χ1v) is 10.1. The number of hydrogen-bond acceptors (Lipinski definition) is 4. The zero-order valence-corrected chi connectivity index (χ0v) is 16.7. The van der Waals surface area contributed by atoms with Gasteiger partial charge in [-0.2, -0.15) is 0 Å². The molecule has 140 valence electrons. The van der Waals surface area contributed by atoms with Gasteiger partial charge in [-0.25, -0.2) is 0 Å². The lowest BCUT2D eigenvalue weighted by Crippen LogP contribution is -2.00. The number of nitrogens with zero attached hydrogens (tertiary/aromatic N) is 3. The van der Waals surface area contributed by atoms with Gasteiger partial charge in [0.2, 0.25) is 0 Å². The van der Waals surface area contributed by atoms with Crippen LogP contribution in [0.25, 0.3) is 17.1 Å². The molecule has 0 unspecified atom stereocenters. The van der Waals surface area contributed by atoms with Crippen molar-refractivity contribution >= 4 is 11.8 Å². The monoisotopic (exact) mass is 387 g/mol. The van der Waals surface area contributed by atoms with Crippen molar-refractivity contribution < 1.29 is 4.74 Å². The van der Waals surface area contributed by atoms with E-state index in [9.17, 15) is 0 Å². The third kappa shape index (κ3) is 3.94. The highest BCUT2D eigenvalue weighted by atomic mass is 32.2. The summed E-state index contributed by atoms with van der Waals surface area (Å²) in [7, 11) is 1.69. The van der Waals surface area contributed by atoms with Crippen molar-refractivity contribution in [2.45, 2.75) is 17.8 Å². The van der Waals surface area contributed by atoms with Crippen LogP contribution < -0.4 is 4.74 Å². The third-order valence-electron chi connectivity index (χ3n) is 4.46. The number of aryl methyl sites for hydroxylation is 1. The van der Waals surface area contributed by atoms with Gasteiger partial charge in [0.25, 0.3) is 0 Å². The molecule has 28 heavy (non-hydrogen) atoms. The van der Waals surface area contributed by atoms with Crippen molar-refractivity contribution in [3.8, 4) is 22.8 Å². The van der Waals surface area contributed by atoms with Crippen molar-refractivity contribution in [2.75, 3.05) is 7.11 Å². The van der Waals surface area contributed by atoms with Gasteiger partial charge in [-0.15, -0.1) is 10.2 Å². The molecule has 3 aromatic carbocycles. The molecule has 0 atom stereocenters. The summed E-state index contributed by atoms with van der Waals surface area (Å²) in [6.07, 6.45) is 0. The number of benzene rings is 3. The Morgan fingerprint density at radius 1 is 0.893 bits per heavy atom. The highest BCUT2D eigenvalue weighted by Crippen LogP contribution is 2.30. The van der Waals surface area contributed by atoms with Crippen LogP contribution >= 0.6 is 11.8 Å². The van der Waals surface area contributed by atoms with Gasteiger partial charge in [0.15, 0.2) is 11.0 Å². The third-order valence-corrected chi connectivity index (χ3v) is 5.46. The lowest BCUT2D eigenvalue weighted by molar-refractivity contribution is 0.414. The largest absolute Gasteiger partial charge is 0.497 e. The standard InChI is InChI=1S/C23H21N3OS/c1-17-11-13-20(14-12-17)26-22(19-8-4-3-5-9-19)24-25-23(26)28-16-18-7-6-10-21(15-18)27-2/h3-15H,16H2,1-2H3. The van der Waals surface area contributed by atoms with E-state index >= 15 is 0 Å². The normalized spacial score (nSPS) is 10.8. The summed E-state index contributed by atoms with van der Waals surface area (Å²) in [5.74, 6) is 2.50. The van der Waals surface area contributed by atoms with E-state index in [-0.39, 0.29) is 0 Å². The fraction of sp³-hybridized carbons (Fsp3) is 0.130. The van der Waals surface area contributed by atoms with E-state index in [0.717, 1.165) is 33.7 Å². The summed E-state index contributed by atoms with van der Waals surface area (Å²) in [4.78, 5) is 0. The molecule has 0 saturated heterocycles. The van der Waals surface area contributed by atoms with Crippen molar-refractivity contribution in [2.24, 2.45) is 0 Å². The first-order valence-electron chi connectivity index (χ1n) is 9.08. The van der Waals surface area contributed by atoms with Crippen LogP contribution in [-0.2, 0) is 5.75 Å². The molecule has 0 fully saturated rings. The molecule has 0 amide bonds. The predicted octanol–water partition coefficient (Wildman–Crippen LogP) is 5.54. The van der Waals surface area contributed by atoms with Crippen molar-refractivity contribution in [3.63, 3.8) is 0 Å². The van der Waals surface area contributed by atoms with Crippen molar-refractivity contribution in [1.82, 2.24) is 14.8 Å². The quantitative estimate of drug-likeness (QED) is 0.407. The zero-order chi connectivity index (χ0) is 19.3. The summed E-state index contributed by atoms with van der Waals surface area (Å²) < 4.78 is 7.46. The molecule has 4 aromatic rings. The minimum Gasteiger partial charge on any atom is -0.497 e. The summed E-state index contributed by atoms with van der Waals surface area (Å²) >= 11 is 1.67. The van der Waals surface area contributed by atoms with Crippen molar-refractivity contribution in [1.29, 1.82) is 0 Å². The summed E-state index contributed by atoms with van der Waals surface area (Å²) in [5, 5.41) is 9.86. The second-order valence-corrected chi connectivity index (χ2v) is 7.43. The van der Waals surface area contributed by atoms with Crippen LogP contribution in [-0.4, -0.2) is 21.9 Å². The molecule has 0 aliphatic heterocycles. The molecule has 1 heterocycles. The Morgan fingerprint density at radius 2 is 1.68 bits per heavy atom. The SMILES string of the molecule is COc1cccc(CSc2nnc(-c3ccccc3)n2-c2ccc(C)cc2)c1. The molecule has 0 spiro atoms. The van der Waals surface area contributed by atoms with Crippen molar-refractivity contribution in [3.05, 3.63) is 90.0 Å². The molecule has 0 aliphatic carbocycles. The summed E-state index contributed by atoms with van der Waals surface area (Å²) in [6, 6.07) is 26.7. The maximum Gasteiger partial charge on any atom is 0.196 e. The maximum atomic E-state index is 5.33. The number of ether oxygens (including phenoxy) is 1. The summed E-state index contributed by atoms with van der Waals surface area (Å²) in [5.41, 5.74) is 4.51. The average molecular weight is 388 g/mol. The average Bonchev–Trinajstić information content (AvgIpc) is 3.17. The minimum absolute atomic E-state index is 0.788. The van der Waals surface area contributed by atoms with Gasteiger partial charge in [0.05, 0.1) is 7.11 Å². The molecule has 0 bridgehead atoms. The molecule has 0 aliphatic rings. The second kappa shape index (κ2) is 8.31. The molecular formula is C23H21N3OS. The molecule has 0 N–H and O–H groups in total. The van der Waals surface area contributed by atoms with E-state index < -0.39 is 0 Å². The molecular weight excluding hydrogens is 366 g/mol. The Labute approximate surface area is 169 Å². The zero-order valence-electron chi connectivity index (χ0n) is 15.9. The number of methoxy groups -OCH3 is 1. The van der Waals surface area contributed by atoms with Crippen LogP contribution in [0, 0.1) is 6.92 Å². The number of aromatic nitrogens is 3. The molecule has 0 radical (unpaired) electrons. The van der Waals surface area contributed by atoms with Gasteiger partial charge in [-0.05, 0) is 36.8 Å². The molecule has 5 heteroatoms. The topological polar surface area (TPSA) is 39.9 Å². The highest BCUT2D eigenvalue weighted by molar-refractivity contribution is 7.98. The number of rotatable bonds is 6. The highest BCUT2D eigenvalue weighted by Gasteiger charge is 2.16. The van der Waals surface area contributed by atoms with Crippen LogP contribution in [0.2, 0.25) is 0 Å². The predicted molar refractivity (Wildman–Crippen MR) is 114 cm³/mol. The van der Waals surface area contributed by atoms with Gasteiger partial charge in [-0.1, -0.05) is 71.9 Å². The fourth-order valence-corrected chi connectivity index (χ4v) is 3.87. The van der Waals surface area contributed by atoms with Crippen LogP contribution in [0.5, 0.6) is 5.75 Å². The Hall–Kier alpha value is -3.05. The Balaban J connectivity index is 1.70. The lowest BCUT2D eigenvalue weighted by atomic mass is 10.2. The molecule has 4 nitrogen and oxygen atoms in total. The smallest absolute Gasteiger partial charge is 0.196 e. The minimum atomic E-state index is 0.788. The number of thioether (sulfide) groups is 1. The van der Waals surface area contributed by atoms with Gasteiger partial charge in [0, 0.05) is 17.0 Å². The van der Waals surface area contributed by atoms with Crippen LogP contribution in [0.15, 0.2) is 84.0 Å². The first-order chi connectivity index (χ1) is 13.7. The van der Waals surface area contributed by atoms with Gasteiger partial charge in [0.1, 0.15) is 5.75 Å². The second-order valence-electron chi connectivity index (χ2n) is 6.48. The Kier molecular flexibility index (Phi) is 5.44. The first kappa shape index (κ1) is 18.3. The molecule has 4 rings (SSSR count). The van der Waals surface area contributed by atoms with Gasteiger partial charge in [-0.3, -0.25) is 4.57 Å². The lowest BCUT2D eigenvalue weighted by Gasteiger charge is -2.11.